The van der Waals surface area contributed by atoms with Crippen molar-refractivity contribution in [1.29, 1.82) is 5.26 Å². The molecule has 7 nitrogen and oxygen atoms in total. The van der Waals surface area contributed by atoms with Crippen LogP contribution in [0.25, 0.3) is 0 Å². The van der Waals surface area contributed by atoms with Gasteiger partial charge in [0.05, 0.1) is 17.9 Å². The molecule has 0 amide bonds. The number of ether oxygens (including phenoxy) is 1. The average Bonchev–Trinajstić information content (AvgIpc) is 2.38. The Morgan fingerprint density at radius 2 is 2.00 bits per heavy atom. The zero-order chi connectivity index (χ0) is 17.1. The van der Waals surface area contributed by atoms with Crippen LogP contribution in [0.1, 0.15) is 31.4 Å². The van der Waals surface area contributed by atoms with E-state index in [9.17, 15) is 18.0 Å². The number of aliphatic carboxylic acids is 1. The first kappa shape index (κ1) is 19.6. The molecule has 1 aromatic carbocycles. The van der Waals surface area contributed by atoms with Crippen LogP contribution in [-0.2, 0) is 26.0 Å². The SMILES string of the molecule is CC(=O)CC(=O)O.CCOc1cc(C[SH](=O)=O)ccc1C#N. The molecule has 0 saturated carbocycles. The molecule has 22 heavy (non-hydrogen) atoms. The van der Waals surface area contributed by atoms with Crippen LogP contribution in [0.15, 0.2) is 18.2 Å². The molecule has 0 unspecified atom stereocenters. The minimum Gasteiger partial charge on any atom is -0.492 e. The maximum Gasteiger partial charge on any atom is 0.310 e. The minimum atomic E-state index is -2.45. The molecular weight excluding hydrogens is 310 g/mol. The van der Waals surface area contributed by atoms with Crippen LogP contribution >= 0.6 is 0 Å². The smallest absolute Gasteiger partial charge is 0.310 e. The second-order valence-corrected chi connectivity index (χ2v) is 5.12. The highest BCUT2D eigenvalue weighted by atomic mass is 32.2. The van der Waals surface area contributed by atoms with Gasteiger partial charge < -0.3 is 9.84 Å². The zero-order valence-electron chi connectivity index (χ0n) is 12.2. The third-order valence-corrected chi connectivity index (χ3v) is 2.80. The summed E-state index contributed by atoms with van der Waals surface area (Å²) in [7, 11) is -2.45. The second kappa shape index (κ2) is 10.3. The van der Waals surface area contributed by atoms with Gasteiger partial charge in [0, 0.05) is 0 Å². The predicted octanol–water partition coefficient (Wildman–Crippen LogP) is 1.12. The number of nitrogens with zero attached hydrogens (tertiary/aromatic N) is 1. The van der Waals surface area contributed by atoms with Gasteiger partial charge in [-0.25, -0.2) is 8.42 Å². The van der Waals surface area contributed by atoms with E-state index in [4.69, 9.17) is 15.1 Å². The maximum atomic E-state index is 10.5. The Kier molecular flexibility index (Phi) is 9.22. The minimum absolute atomic E-state index is 0.0267. The maximum absolute atomic E-state index is 10.5. The van der Waals surface area contributed by atoms with E-state index < -0.39 is 16.7 Å². The molecule has 0 aliphatic rings. The van der Waals surface area contributed by atoms with Crippen molar-refractivity contribution in [2.24, 2.45) is 0 Å². The highest BCUT2D eigenvalue weighted by Gasteiger charge is 2.04. The molecule has 0 aromatic heterocycles. The lowest BCUT2D eigenvalue weighted by molar-refractivity contribution is -0.139. The van der Waals surface area contributed by atoms with Gasteiger partial charge >= 0.3 is 5.97 Å². The number of ketones is 1. The van der Waals surface area contributed by atoms with Crippen molar-refractivity contribution in [3.63, 3.8) is 0 Å². The van der Waals surface area contributed by atoms with E-state index in [1.807, 2.05) is 13.0 Å². The summed E-state index contributed by atoms with van der Waals surface area (Å²) in [4.78, 5) is 19.5. The van der Waals surface area contributed by atoms with Crippen LogP contribution in [0.3, 0.4) is 0 Å². The van der Waals surface area contributed by atoms with E-state index in [0.717, 1.165) is 0 Å². The standard InChI is InChI=1S/C10H11NO3S.C4H6O3/c1-2-14-10-5-8(7-15(12)13)3-4-9(10)6-11;1-3(5)2-4(6)7/h3-5,15H,2,7H2,1H3;2H2,1H3,(H,6,7). The summed E-state index contributed by atoms with van der Waals surface area (Å²) in [6.45, 7) is 3.50. The summed E-state index contributed by atoms with van der Waals surface area (Å²) < 4.78 is 26.3. The molecule has 1 aromatic rings. The van der Waals surface area contributed by atoms with E-state index in [2.05, 4.69) is 0 Å². The third kappa shape index (κ3) is 8.71. The van der Waals surface area contributed by atoms with Crippen LogP contribution in [0, 0.1) is 11.3 Å². The second-order valence-electron chi connectivity index (χ2n) is 4.14. The Balaban J connectivity index is 0.000000534. The Bertz CT molecular complexity index is 625. The summed E-state index contributed by atoms with van der Waals surface area (Å²) in [6.07, 6.45) is -0.361. The first-order chi connectivity index (χ1) is 10.3. The molecule has 120 valence electrons. The molecule has 8 heteroatoms. The number of hydrogen-bond acceptors (Lipinski definition) is 6. The van der Waals surface area contributed by atoms with Gasteiger partial charge in [0.2, 0.25) is 0 Å². The molecule has 0 bridgehead atoms. The van der Waals surface area contributed by atoms with Crippen LogP contribution in [0.5, 0.6) is 5.75 Å². The van der Waals surface area contributed by atoms with Gasteiger partial charge in [-0.1, -0.05) is 6.07 Å². The number of Topliss-reactive ketones (excluding diaryl/α,β-unsaturated/α-hetero) is 1. The van der Waals surface area contributed by atoms with E-state index in [-0.39, 0.29) is 18.0 Å². The third-order valence-electron chi connectivity index (χ3n) is 2.18. The predicted molar refractivity (Wildman–Crippen MR) is 79.3 cm³/mol. The zero-order valence-corrected chi connectivity index (χ0v) is 13.1. The summed E-state index contributed by atoms with van der Waals surface area (Å²) >= 11 is 0. The lowest BCUT2D eigenvalue weighted by atomic mass is 10.1. The van der Waals surface area contributed by atoms with Gasteiger partial charge in [-0.2, -0.15) is 5.26 Å². The number of thiol groups is 1. The monoisotopic (exact) mass is 327 g/mol. The number of carboxylic acids is 1. The Hall–Kier alpha value is -2.40. The van der Waals surface area contributed by atoms with Gasteiger partial charge in [-0.3, -0.25) is 9.59 Å². The largest absolute Gasteiger partial charge is 0.492 e. The van der Waals surface area contributed by atoms with Gasteiger partial charge in [-0.15, -0.1) is 0 Å². The van der Waals surface area contributed by atoms with Crippen LogP contribution in [0.2, 0.25) is 0 Å². The number of benzene rings is 1. The van der Waals surface area contributed by atoms with Crippen molar-refractivity contribution in [1.82, 2.24) is 0 Å². The fourth-order valence-electron chi connectivity index (χ4n) is 1.39. The topological polar surface area (TPSA) is 122 Å². The summed E-state index contributed by atoms with van der Waals surface area (Å²) in [5, 5.41) is 16.6. The average molecular weight is 327 g/mol. The first-order valence-corrected chi connectivity index (χ1v) is 7.65. The number of nitriles is 1. The molecule has 0 spiro atoms. The van der Waals surface area contributed by atoms with Gasteiger partial charge in [0.25, 0.3) is 0 Å². The quantitative estimate of drug-likeness (QED) is 0.593. The Morgan fingerprint density at radius 1 is 1.36 bits per heavy atom. The molecule has 0 radical (unpaired) electrons. The van der Waals surface area contributed by atoms with Crippen molar-refractivity contribution in [2.45, 2.75) is 26.0 Å². The van der Waals surface area contributed by atoms with Crippen LogP contribution < -0.4 is 4.74 Å². The molecule has 0 fully saturated rings. The van der Waals surface area contributed by atoms with E-state index >= 15 is 0 Å². The summed E-state index contributed by atoms with van der Waals surface area (Å²) in [5.74, 6) is -0.962. The highest BCUT2D eigenvalue weighted by molar-refractivity contribution is 7.71. The molecule has 0 aliphatic heterocycles. The number of carbonyl (C=O) groups excluding carboxylic acids is 1. The molecular formula is C14H17NO6S. The van der Waals surface area contributed by atoms with Crippen molar-refractivity contribution in [2.75, 3.05) is 6.61 Å². The van der Waals surface area contributed by atoms with Crippen LogP contribution in [-0.4, -0.2) is 31.9 Å². The lowest BCUT2D eigenvalue weighted by Crippen LogP contribution is -2.00. The number of carboxylic acid groups (broad SMARTS) is 1. The molecule has 0 aliphatic carbocycles. The van der Waals surface area contributed by atoms with Crippen LogP contribution in [0.4, 0.5) is 0 Å². The fourth-order valence-corrected chi connectivity index (χ4v) is 1.89. The van der Waals surface area contributed by atoms with Gasteiger partial charge in [-0.05, 0) is 31.5 Å². The van der Waals surface area contributed by atoms with E-state index in [1.54, 1.807) is 18.2 Å². The molecule has 0 saturated heterocycles. The normalized spacial score (nSPS) is 9.36. The van der Waals surface area contributed by atoms with E-state index in [0.29, 0.717) is 23.5 Å². The number of carbonyl (C=O) groups is 2. The molecule has 1 N–H and O–H groups in total. The van der Waals surface area contributed by atoms with Gasteiger partial charge in [0.15, 0.2) is 0 Å². The number of rotatable bonds is 6. The first-order valence-electron chi connectivity index (χ1n) is 6.29. The number of hydrogen-bond donors (Lipinski definition) is 2. The van der Waals surface area contributed by atoms with Crippen molar-refractivity contribution in [3.8, 4) is 11.8 Å². The molecule has 1 rings (SSSR count). The summed E-state index contributed by atoms with van der Waals surface area (Å²) in [5.41, 5.74) is 1.05. The Labute approximate surface area is 130 Å². The lowest BCUT2D eigenvalue weighted by Gasteiger charge is -2.06. The summed E-state index contributed by atoms with van der Waals surface area (Å²) in [6, 6.07) is 6.76. The fraction of sp³-hybridized carbons (Fsp3) is 0.357. The van der Waals surface area contributed by atoms with Crippen molar-refractivity contribution < 1.29 is 27.9 Å². The van der Waals surface area contributed by atoms with Crippen molar-refractivity contribution in [3.05, 3.63) is 29.3 Å². The van der Waals surface area contributed by atoms with Gasteiger partial charge in [0.1, 0.15) is 34.7 Å². The van der Waals surface area contributed by atoms with E-state index in [1.165, 1.54) is 6.92 Å². The Morgan fingerprint density at radius 3 is 2.36 bits per heavy atom. The highest BCUT2D eigenvalue weighted by Crippen LogP contribution is 2.20. The molecule has 0 heterocycles. The molecule has 0 atom stereocenters. The van der Waals surface area contributed by atoms with Crippen molar-refractivity contribution >= 4 is 22.5 Å².